The summed E-state index contributed by atoms with van der Waals surface area (Å²) < 4.78 is 6.57. The topological polar surface area (TPSA) is 58.6 Å². The fraction of sp³-hybridized carbons (Fsp3) is 0.409. The SMILES string of the molecule is Cc1cc(Br)c(NCCCCOc2ccc(C(C)(C)C)cc2)c(C(=O)O)c1. The van der Waals surface area contributed by atoms with Crippen molar-refractivity contribution < 1.29 is 14.6 Å². The third kappa shape index (κ3) is 6.28. The van der Waals surface area contributed by atoms with Crippen LogP contribution in [0, 0.1) is 6.92 Å². The van der Waals surface area contributed by atoms with Crippen LogP contribution in [0.15, 0.2) is 40.9 Å². The molecule has 0 amide bonds. The van der Waals surface area contributed by atoms with Crippen LogP contribution in [0.2, 0.25) is 0 Å². The quantitative estimate of drug-likeness (QED) is 0.499. The largest absolute Gasteiger partial charge is 0.494 e. The molecule has 27 heavy (non-hydrogen) atoms. The number of aryl methyl sites for hydroxylation is 1. The number of nitrogens with one attached hydrogen (secondary N) is 1. The predicted molar refractivity (Wildman–Crippen MR) is 114 cm³/mol. The minimum Gasteiger partial charge on any atom is -0.494 e. The molecule has 2 rings (SSSR count). The molecule has 5 heteroatoms. The predicted octanol–water partition coefficient (Wildman–Crippen LogP) is 6.02. The zero-order valence-electron chi connectivity index (χ0n) is 16.4. The summed E-state index contributed by atoms with van der Waals surface area (Å²) in [6, 6.07) is 11.8. The van der Waals surface area contributed by atoms with Crippen LogP contribution in [0.1, 0.15) is 55.1 Å². The Balaban J connectivity index is 1.78. The molecule has 0 atom stereocenters. The molecule has 0 aromatic heterocycles. The van der Waals surface area contributed by atoms with Crippen molar-refractivity contribution in [2.75, 3.05) is 18.5 Å². The molecule has 2 aromatic rings. The van der Waals surface area contributed by atoms with Crippen molar-refractivity contribution in [3.63, 3.8) is 0 Å². The minimum absolute atomic E-state index is 0.142. The Labute approximate surface area is 170 Å². The molecular formula is C22H28BrNO3. The number of anilines is 1. The third-order valence-corrected chi connectivity index (χ3v) is 4.95. The van der Waals surface area contributed by atoms with Crippen LogP contribution in [-0.4, -0.2) is 24.2 Å². The Kier molecular flexibility index (Phi) is 7.31. The molecule has 0 saturated carbocycles. The second-order valence-electron chi connectivity index (χ2n) is 7.73. The lowest BCUT2D eigenvalue weighted by molar-refractivity contribution is 0.0697. The molecule has 2 aromatic carbocycles. The maximum Gasteiger partial charge on any atom is 0.337 e. The lowest BCUT2D eigenvalue weighted by atomic mass is 9.87. The Hall–Kier alpha value is -2.01. The van der Waals surface area contributed by atoms with Gasteiger partial charge >= 0.3 is 5.97 Å². The number of halogens is 1. The molecule has 0 aliphatic heterocycles. The smallest absolute Gasteiger partial charge is 0.337 e. The van der Waals surface area contributed by atoms with Crippen molar-refractivity contribution in [2.45, 2.75) is 46.0 Å². The number of aromatic carboxylic acids is 1. The molecule has 0 unspecified atom stereocenters. The van der Waals surface area contributed by atoms with Crippen LogP contribution in [-0.2, 0) is 5.41 Å². The molecule has 2 N–H and O–H groups in total. The van der Waals surface area contributed by atoms with E-state index in [1.165, 1.54) is 5.56 Å². The summed E-state index contributed by atoms with van der Waals surface area (Å²) in [5, 5.41) is 12.6. The number of carboxylic acids is 1. The summed E-state index contributed by atoms with van der Waals surface area (Å²) in [4.78, 5) is 11.4. The summed E-state index contributed by atoms with van der Waals surface area (Å²) in [5.74, 6) is -0.0469. The first kappa shape index (κ1) is 21.3. The number of carbonyl (C=O) groups is 1. The van der Waals surface area contributed by atoms with Crippen LogP contribution in [0.4, 0.5) is 5.69 Å². The van der Waals surface area contributed by atoms with Crippen molar-refractivity contribution >= 4 is 27.6 Å². The van der Waals surface area contributed by atoms with E-state index in [2.05, 4.69) is 54.2 Å². The highest BCUT2D eigenvalue weighted by atomic mass is 79.9. The number of rotatable bonds is 8. The zero-order valence-corrected chi connectivity index (χ0v) is 18.0. The normalized spacial score (nSPS) is 11.3. The van der Waals surface area contributed by atoms with Gasteiger partial charge in [0.15, 0.2) is 0 Å². The lowest BCUT2D eigenvalue weighted by Gasteiger charge is -2.19. The van der Waals surface area contributed by atoms with E-state index >= 15 is 0 Å². The molecule has 0 aliphatic rings. The van der Waals surface area contributed by atoms with Crippen molar-refractivity contribution in [1.29, 1.82) is 0 Å². The maximum atomic E-state index is 11.4. The second-order valence-corrected chi connectivity index (χ2v) is 8.59. The highest BCUT2D eigenvalue weighted by molar-refractivity contribution is 9.10. The first-order valence-corrected chi connectivity index (χ1v) is 9.98. The van der Waals surface area contributed by atoms with Crippen LogP contribution < -0.4 is 10.1 Å². The number of unbranched alkanes of at least 4 members (excludes halogenated alkanes) is 1. The van der Waals surface area contributed by atoms with Gasteiger partial charge in [0, 0.05) is 11.0 Å². The van der Waals surface area contributed by atoms with E-state index in [0.29, 0.717) is 18.8 Å². The molecule has 146 valence electrons. The van der Waals surface area contributed by atoms with Crippen molar-refractivity contribution in [3.8, 4) is 5.75 Å². The highest BCUT2D eigenvalue weighted by Gasteiger charge is 2.14. The monoisotopic (exact) mass is 433 g/mol. The van der Waals surface area contributed by atoms with Gasteiger partial charge in [0.05, 0.1) is 17.9 Å². The Morgan fingerprint density at radius 2 is 1.81 bits per heavy atom. The zero-order chi connectivity index (χ0) is 20.0. The number of hydrogen-bond acceptors (Lipinski definition) is 3. The second kappa shape index (κ2) is 9.27. The molecule has 0 saturated heterocycles. The number of carboxylic acid groups (broad SMARTS) is 1. The van der Waals surface area contributed by atoms with Crippen LogP contribution in [0.5, 0.6) is 5.75 Å². The molecule has 0 radical (unpaired) electrons. The van der Waals surface area contributed by atoms with Crippen LogP contribution in [0.25, 0.3) is 0 Å². The molecule has 0 fully saturated rings. The van der Waals surface area contributed by atoms with Crippen molar-refractivity contribution in [3.05, 3.63) is 57.6 Å². The molecule has 4 nitrogen and oxygen atoms in total. The van der Waals surface area contributed by atoms with Gasteiger partial charge in [-0.3, -0.25) is 0 Å². The fourth-order valence-electron chi connectivity index (χ4n) is 2.77. The van der Waals surface area contributed by atoms with Crippen LogP contribution in [0.3, 0.4) is 0 Å². The van der Waals surface area contributed by atoms with Crippen molar-refractivity contribution in [2.24, 2.45) is 0 Å². The van der Waals surface area contributed by atoms with Gasteiger partial charge in [-0.15, -0.1) is 0 Å². The number of hydrogen-bond donors (Lipinski definition) is 2. The van der Waals surface area contributed by atoms with E-state index in [4.69, 9.17) is 4.74 Å². The number of benzene rings is 2. The Morgan fingerprint density at radius 1 is 1.15 bits per heavy atom. The van der Waals surface area contributed by atoms with E-state index in [-0.39, 0.29) is 11.0 Å². The maximum absolute atomic E-state index is 11.4. The van der Waals surface area contributed by atoms with Gasteiger partial charge in [-0.2, -0.15) is 0 Å². The molecule has 0 bridgehead atoms. The van der Waals surface area contributed by atoms with E-state index in [9.17, 15) is 9.90 Å². The first-order chi connectivity index (χ1) is 12.7. The summed E-state index contributed by atoms with van der Waals surface area (Å²) in [6.07, 6.45) is 1.78. The Bertz CT molecular complexity index is 779. The highest BCUT2D eigenvalue weighted by Crippen LogP contribution is 2.28. The lowest BCUT2D eigenvalue weighted by Crippen LogP contribution is -2.11. The third-order valence-electron chi connectivity index (χ3n) is 4.33. The van der Waals surface area contributed by atoms with Gasteiger partial charge in [-0.25, -0.2) is 4.79 Å². The summed E-state index contributed by atoms with van der Waals surface area (Å²) in [5.41, 5.74) is 3.26. The standard InChI is InChI=1S/C22H28BrNO3/c1-15-13-18(21(25)26)20(19(23)14-15)24-11-5-6-12-27-17-9-7-16(8-10-17)22(2,3)4/h7-10,13-14,24H,5-6,11-12H2,1-4H3,(H,25,26). The van der Waals surface area contributed by atoms with Gasteiger partial charge in [0.25, 0.3) is 0 Å². The van der Waals surface area contributed by atoms with E-state index in [1.54, 1.807) is 6.07 Å². The van der Waals surface area contributed by atoms with Gasteiger partial charge in [-0.05, 0) is 76.5 Å². The first-order valence-electron chi connectivity index (χ1n) is 9.19. The molecule has 0 aliphatic carbocycles. The molecule has 0 heterocycles. The van der Waals surface area contributed by atoms with Gasteiger partial charge in [0.2, 0.25) is 0 Å². The summed E-state index contributed by atoms with van der Waals surface area (Å²) in [6.45, 7) is 9.78. The fourth-order valence-corrected chi connectivity index (χ4v) is 3.49. The summed E-state index contributed by atoms with van der Waals surface area (Å²) >= 11 is 3.45. The Morgan fingerprint density at radius 3 is 2.41 bits per heavy atom. The van der Waals surface area contributed by atoms with Crippen molar-refractivity contribution in [1.82, 2.24) is 0 Å². The van der Waals surface area contributed by atoms with Gasteiger partial charge in [-0.1, -0.05) is 32.9 Å². The molecule has 0 spiro atoms. The van der Waals surface area contributed by atoms with Crippen LogP contribution >= 0.6 is 15.9 Å². The van der Waals surface area contributed by atoms with E-state index in [0.717, 1.165) is 28.6 Å². The minimum atomic E-state index is -0.927. The van der Waals surface area contributed by atoms with Gasteiger partial charge in [0.1, 0.15) is 5.75 Å². The number of ether oxygens (including phenoxy) is 1. The average molecular weight is 434 g/mol. The molecular weight excluding hydrogens is 406 g/mol. The van der Waals surface area contributed by atoms with Gasteiger partial charge < -0.3 is 15.2 Å². The summed E-state index contributed by atoms with van der Waals surface area (Å²) in [7, 11) is 0. The van der Waals surface area contributed by atoms with E-state index in [1.807, 2.05) is 25.1 Å². The van der Waals surface area contributed by atoms with E-state index < -0.39 is 5.97 Å². The average Bonchev–Trinajstić information content (AvgIpc) is 2.58.